The zero-order valence-corrected chi connectivity index (χ0v) is 10.2. The lowest BCUT2D eigenvalue weighted by molar-refractivity contribution is -0.144. The Morgan fingerprint density at radius 3 is 2.36 bits per heavy atom. The van der Waals surface area contributed by atoms with E-state index in [0.29, 0.717) is 0 Å². The van der Waals surface area contributed by atoms with E-state index in [9.17, 15) is 4.79 Å². The van der Waals surface area contributed by atoms with Gasteiger partial charge in [0.25, 0.3) is 0 Å². The summed E-state index contributed by atoms with van der Waals surface area (Å²) in [5, 5.41) is 0. The van der Waals surface area contributed by atoms with Crippen LogP contribution in [0, 0.1) is 0 Å². The van der Waals surface area contributed by atoms with E-state index in [-0.39, 0.29) is 18.2 Å². The first-order valence-corrected chi connectivity index (χ1v) is 8.31. The molecule has 0 N–H and O–H groups in total. The van der Waals surface area contributed by atoms with E-state index in [2.05, 4.69) is 19.6 Å². The van der Waals surface area contributed by atoms with Gasteiger partial charge in [-0.25, -0.2) is 0 Å². The highest BCUT2D eigenvalue weighted by atomic mass is 28.4. The fraction of sp³-hybridized carbons (Fsp3) is 0.700. The monoisotopic (exact) mass is 214 g/mol. The molecule has 4 heteroatoms. The van der Waals surface area contributed by atoms with Crippen molar-refractivity contribution < 1.29 is 14.0 Å². The van der Waals surface area contributed by atoms with Gasteiger partial charge in [0.1, 0.15) is 6.10 Å². The Morgan fingerprint density at radius 2 is 1.86 bits per heavy atom. The lowest BCUT2D eigenvalue weighted by Crippen LogP contribution is -2.31. The van der Waals surface area contributed by atoms with Crippen LogP contribution >= 0.6 is 0 Å². The third kappa shape index (κ3) is 4.06. The van der Waals surface area contributed by atoms with Crippen molar-refractivity contribution in [3.8, 4) is 0 Å². The molecule has 0 aromatic heterocycles. The Labute approximate surface area is 86.2 Å². The van der Waals surface area contributed by atoms with Crippen LogP contribution in [0.1, 0.15) is 13.3 Å². The maximum atomic E-state index is 10.7. The second-order valence-corrected chi connectivity index (χ2v) is 9.00. The molecule has 0 spiro atoms. The lowest BCUT2D eigenvalue weighted by Gasteiger charge is -2.22. The normalized spacial score (nSPS) is 26.6. The van der Waals surface area contributed by atoms with Crippen LogP contribution in [0.4, 0.5) is 0 Å². The van der Waals surface area contributed by atoms with Crippen LogP contribution < -0.4 is 0 Å². The van der Waals surface area contributed by atoms with Gasteiger partial charge in [0, 0.05) is 13.3 Å². The number of hydrogen-bond donors (Lipinski definition) is 0. The number of esters is 1. The average Bonchev–Trinajstić information content (AvgIpc) is 2.30. The minimum Gasteiger partial charge on any atom is -0.458 e. The Morgan fingerprint density at radius 1 is 1.29 bits per heavy atom. The fourth-order valence-electron chi connectivity index (χ4n) is 1.48. The maximum Gasteiger partial charge on any atom is 0.303 e. The third-order valence-corrected chi connectivity index (χ3v) is 2.84. The molecule has 0 aliphatic heterocycles. The molecule has 14 heavy (non-hydrogen) atoms. The molecule has 1 aliphatic rings. The van der Waals surface area contributed by atoms with E-state index in [1.165, 1.54) is 6.92 Å². The molecule has 1 aliphatic carbocycles. The van der Waals surface area contributed by atoms with Crippen LogP contribution in [0.5, 0.6) is 0 Å². The Kier molecular flexibility index (Phi) is 3.50. The molecule has 0 aromatic carbocycles. The van der Waals surface area contributed by atoms with Crippen molar-refractivity contribution in [3.05, 3.63) is 12.2 Å². The highest BCUT2D eigenvalue weighted by Crippen LogP contribution is 2.20. The smallest absolute Gasteiger partial charge is 0.303 e. The van der Waals surface area contributed by atoms with Crippen LogP contribution in [0.15, 0.2) is 12.2 Å². The molecule has 3 nitrogen and oxygen atoms in total. The zero-order chi connectivity index (χ0) is 10.8. The Hall–Kier alpha value is -0.613. The van der Waals surface area contributed by atoms with Gasteiger partial charge in [0.2, 0.25) is 0 Å². The molecule has 0 unspecified atom stereocenters. The van der Waals surface area contributed by atoms with Crippen molar-refractivity contribution in [2.24, 2.45) is 0 Å². The van der Waals surface area contributed by atoms with Gasteiger partial charge in [-0.1, -0.05) is 6.08 Å². The van der Waals surface area contributed by atoms with Crippen LogP contribution in [-0.2, 0) is 14.0 Å². The molecular formula is C10H18O3Si. The van der Waals surface area contributed by atoms with Crippen molar-refractivity contribution in [3.63, 3.8) is 0 Å². The van der Waals surface area contributed by atoms with Gasteiger partial charge in [-0.2, -0.15) is 0 Å². The first-order chi connectivity index (χ1) is 6.37. The molecule has 0 heterocycles. The van der Waals surface area contributed by atoms with Gasteiger partial charge in [-0.15, -0.1) is 0 Å². The second kappa shape index (κ2) is 4.27. The number of ether oxygens (including phenoxy) is 1. The highest BCUT2D eigenvalue weighted by Gasteiger charge is 2.26. The van der Waals surface area contributed by atoms with E-state index >= 15 is 0 Å². The summed E-state index contributed by atoms with van der Waals surface area (Å²) < 4.78 is 10.9. The summed E-state index contributed by atoms with van der Waals surface area (Å²) >= 11 is 0. The summed E-state index contributed by atoms with van der Waals surface area (Å²) in [6.45, 7) is 7.89. The molecule has 0 bridgehead atoms. The molecule has 2 atom stereocenters. The molecule has 0 saturated carbocycles. The average molecular weight is 214 g/mol. The first-order valence-electron chi connectivity index (χ1n) is 4.90. The van der Waals surface area contributed by atoms with Gasteiger partial charge in [-0.3, -0.25) is 4.79 Å². The number of carbonyl (C=O) groups is 1. The van der Waals surface area contributed by atoms with Gasteiger partial charge < -0.3 is 9.16 Å². The molecule has 0 amide bonds. The highest BCUT2D eigenvalue weighted by molar-refractivity contribution is 6.69. The SMILES string of the molecule is CC(=O)O[C@H]1C=C[C@@H](O[Si](C)(C)C)C1. The van der Waals surface area contributed by atoms with Gasteiger partial charge in [-0.05, 0) is 25.7 Å². The summed E-state index contributed by atoms with van der Waals surface area (Å²) in [5.74, 6) is -0.228. The predicted octanol–water partition coefficient (Wildman–Crippen LogP) is 2.10. The van der Waals surface area contributed by atoms with Crippen LogP contribution in [0.3, 0.4) is 0 Å². The molecule has 0 fully saturated rings. The summed E-state index contributed by atoms with van der Waals surface area (Å²) in [6, 6.07) is 0. The number of carbonyl (C=O) groups excluding carboxylic acids is 1. The van der Waals surface area contributed by atoms with Crippen LogP contribution in [0.2, 0.25) is 19.6 Å². The molecule has 1 rings (SSSR count). The minimum atomic E-state index is -1.48. The Balaban J connectivity index is 2.36. The number of hydrogen-bond acceptors (Lipinski definition) is 3. The largest absolute Gasteiger partial charge is 0.458 e. The summed E-state index contributed by atoms with van der Waals surface area (Å²) in [7, 11) is -1.48. The molecule has 0 saturated heterocycles. The van der Waals surface area contributed by atoms with E-state index in [4.69, 9.17) is 9.16 Å². The van der Waals surface area contributed by atoms with Crippen molar-refractivity contribution >= 4 is 14.3 Å². The van der Waals surface area contributed by atoms with E-state index in [1.54, 1.807) is 0 Å². The quantitative estimate of drug-likeness (QED) is 0.410. The summed E-state index contributed by atoms with van der Waals surface area (Å²) in [6.07, 6.45) is 4.71. The molecular weight excluding hydrogens is 196 g/mol. The summed E-state index contributed by atoms with van der Waals surface area (Å²) in [4.78, 5) is 10.7. The van der Waals surface area contributed by atoms with Crippen molar-refractivity contribution in [1.82, 2.24) is 0 Å². The van der Waals surface area contributed by atoms with E-state index in [0.717, 1.165) is 6.42 Å². The zero-order valence-electron chi connectivity index (χ0n) is 9.24. The standard InChI is InChI=1S/C10H18O3Si/c1-8(11)12-9-5-6-10(7-9)13-14(2,3)4/h5-6,9-10H,7H2,1-4H3/t9-,10+/m0/s1. The van der Waals surface area contributed by atoms with Crippen molar-refractivity contribution in [1.29, 1.82) is 0 Å². The van der Waals surface area contributed by atoms with Gasteiger partial charge >= 0.3 is 5.97 Å². The van der Waals surface area contributed by atoms with Crippen LogP contribution in [0.25, 0.3) is 0 Å². The maximum absolute atomic E-state index is 10.7. The first kappa shape index (κ1) is 11.5. The lowest BCUT2D eigenvalue weighted by atomic mass is 10.3. The summed E-state index contributed by atoms with van der Waals surface area (Å²) in [5.41, 5.74) is 0. The van der Waals surface area contributed by atoms with Crippen molar-refractivity contribution in [2.45, 2.75) is 45.2 Å². The second-order valence-electron chi connectivity index (χ2n) is 4.54. The Bertz CT molecular complexity index is 242. The van der Waals surface area contributed by atoms with E-state index in [1.807, 2.05) is 12.2 Å². The van der Waals surface area contributed by atoms with Gasteiger partial charge in [0.15, 0.2) is 8.32 Å². The predicted molar refractivity (Wildman–Crippen MR) is 57.5 cm³/mol. The van der Waals surface area contributed by atoms with E-state index < -0.39 is 8.32 Å². The number of rotatable bonds is 3. The molecule has 80 valence electrons. The third-order valence-electron chi connectivity index (χ3n) is 1.83. The topological polar surface area (TPSA) is 35.5 Å². The minimum absolute atomic E-state index is 0.0890. The fourth-order valence-corrected chi connectivity index (χ4v) is 2.56. The van der Waals surface area contributed by atoms with Gasteiger partial charge in [0.05, 0.1) is 6.10 Å². The molecule has 0 radical (unpaired) electrons. The van der Waals surface area contributed by atoms with Crippen molar-refractivity contribution in [2.75, 3.05) is 0 Å². The van der Waals surface area contributed by atoms with Crippen LogP contribution in [-0.4, -0.2) is 26.5 Å². The molecule has 0 aromatic rings.